The van der Waals surface area contributed by atoms with Gasteiger partial charge in [-0.1, -0.05) is 73.5 Å². The molecular formula is C29H30. The van der Waals surface area contributed by atoms with Gasteiger partial charge in [0.2, 0.25) is 0 Å². The minimum Gasteiger partial charge on any atom is -0.0723 e. The maximum absolute atomic E-state index is 2.75. The topological polar surface area (TPSA) is 0 Å². The van der Waals surface area contributed by atoms with E-state index in [1.165, 1.54) is 51.4 Å². The molecule has 5 aliphatic carbocycles. The second kappa shape index (κ2) is 5.97. The molecular weight excluding hydrogens is 348 g/mol. The fourth-order valence-electron chi connectivity index (χ4n) is 7.08. The van der Waals surface area contributed by atoms with Crippen molar-refractivity contribution in [1.82, 2.24) is 0 Å². The molecule has 2 unspecified atom stereocenters. The summed E-state index contributed by atoms with van der Waals surface area (Å²) in [5.41, 5.74) is 10.2. The van der Waals surface area contributed by atoms with Crippen LogP contribution in [0.1, 0.15) is 85.5 Å². The van der Waals surface area contributed by atoms with E-state index in [9.17, 15) is 0 Å². The number of benzene rings is 2. The molecule has 2 aromatic rings. The van der Waals surface area contributed by atoms with Crippen LogP contribution in [0.25, 0.3) is 11.1 Å². The van der Waals surface area contributed by atoms with Crippen LogP contribution in [0.4, 0.5) is 0 Å². The molecule has 0 spiro atoms. The third-order valence-corrected chi connectivity index (χ3v) is 8.71. The first-order valence-corrected chi connectivity index (χ1v) is 12.0. The van der Waals surface area contributed by atoms with E-state index in [0.717, 1.165) is 11.8 Å². The Morgan fingerprint density at radius 2 is 1.03 bits per heavy atom. The Labute approximate surface area is 174 Å². The normalized spacial score (nSPS) is 29.4. The molecule has 0 saturated heterocycles. The Morgan fingerprint density at radius 1 is 0.586 bits per heavy atom. The molecule has 0 aromatic heterocycles. The molecule has 3 saturated carbocycles. The van der Waals surface area contributed by atoms with Crippen molar-refractivity contribution < 1.29 is 0 Å². The summed E-state index contributed by atoms with van der Waals surface area (Å²) >= 11 is 0. The molecule has 0 amide bonds. The highest BCUT2D eigenvalue weighted by Gasteiger charge is 2.52. The van der Waals surface area contributed by atoms with Gasteiger partial charge in [-0.3, -0.25) is 0 Å². The van der Waals surface area contributed by atoms with Crippen LogP contribution in [-0.2, 0) is 0 Å². The fraction of sp³-hybridized carbons (Fsp3) is 0.448. The highest BCUT2D eigenvalue weighted by Crippen LogP contribution is 2.65. The van der Waals surface area contributed by atoms with Gasteiger partial charge >= 0.3 is 0 Å². The SMILES string of the molecule is C1=C(C2CC2)c2ccccc2C1C1(C2C=C(C3CC3)c3ccccc32)CCCC1. The second-order valence-corrected chi connectivity index (χ2v) is 10.4. The Balaban J connectivity index is 1.40. The Kier molecular flexibility index (Phi) is 3.44. The van der Waals surface area contributed by atoms with Crippen LogP contribution in [0.3, 0.4) is 0 Å². The van der Waals surface area contributed by atoms with Crippen molar-refractivity contribution in [3.05, 3.63) is 82.9 Å². The van der Waals surface area contributed by atoms with Gasteiger partial charge < -0.3 is 0 Å². The molecule has 0 radical (unpaired) electrons. The van der Waals surface area contributed by atoms with Gasteiger partial charge in [0, 0.05) is 11.8 Å². The smallest absolute Gasteiger partial charge is 0.00954 e. The highest BCUT2D eigenvalue weighted by atomic mass is 14.6. The van der Waals surface area contributed by atoms with Crippen molar-refractivity contribution in [2.75, 3.05) is 0 Å². The van der Waals surface area contributed by atoms with E-state index in [0.29, 0.717) is 17.3 Å². The standard InChI is InChI=1S/C29H30/c1-3-9-23-21(7-1)25(19-11-12-19)17-27(23)29(15-5-6-16-29)28-18-26(20-13-14-20)22-8-2-4-10-24(22)28/h1-4,7-10,17-20,27-28H,5-6,11-16H2. The van der Waals surface area contributed by atoms with Gasteiger partial charge in [0.1, 0.15) is 0 Å². The molecule has 3 fully saturated rings. The Hall–Kier alpha value is -2.08. The number of allylic oxidation sites excluding steroid dienone is 4. The van der Waals surface area contributed by atoms with Crippen molar-refractivity contribution in [3.63, 3.8) is 0 Å². The number of hydrogen-bond acceptors (Lipinski definition) is 0. The predicted octanol–water partition coefficient (Wildman–Crippen LogP) is 7.73. The van der Waals surface area contributed by atoms with Gasteiger partial charge in [0.05, 0.1) is 0 Å². The van der Waals surface area contributed by atoms with Crippen molar-refractivity contribution in [2.45, 2.75) is 63.2 Å². The molecule has 2 aromatic carbocycles. The molecule has 2 atom stereocenters. The maximum atomic E-state index is 2.75. The van der Waals surface area contributed by atoms with E-state index in [1.54, 1.807) is 33.4 Å². The fourth-order valence-corrected chi connectivity index (χ4v) is 7.08. The molecule has 0 aliphatic heterocycles. The van der Waals surface area contributed by atoms with Crippen LogP contribution >= 0.6 is 0 Å². The lowest BCUT2D eigenvalue weighted by molar-refractivity contribution is 0.232. The lowest BCUT2D eigenvalue weighted by Gasteiger charge is -2.41. The number of fused-ring (bicyclic) bond motifs is 2. The summed E-state index contributed by atoms with van der Waals surface area (Å²) in [4.78, 5) is 0. The first-order valence-electron chi connectivity index (χ1n) is 12.0. The zero-order chi connectivity index (χ0) is 19.0. The van der Waals surface area contributed by atoms with Crippen molar-refractivity contribution in [2.24, 2.45) is 17.3 Å². The number of rotatable bonds is 4. The lowest BCUT2D eigenvalue weighted by Crippen LogP contribution is -2.30. The summed E-state index contributed by atoms with van der Waals surface area (Å²) in [5, 5.41) is 0. The van der Waals surface area contributed by atoms with E-state index < -0.39 is 0 Å². The predicted molar refractivity (Wildman–Crippen MR) is 121 cm³/mol. The molecule has 0 N–H and O–H groups in total. The van der Waals surface area contributed by atoms with Gasteiger partial charge in [0.15, 0.2) is 0 Å². The van der Waals surface area contributed by atoms with Gasteiger partial charge in [-0.2, -0.15) is 0 Å². The summed E-state index contributed by atoms with van der Waals surface area (Å²) in [5.74, 6) is 2.88. The van der Waals surface area contributed by atoms with Crippen LogP contribution in [0.5, 0.6) is 0 Å². The van der Waals surface area contributed by atoms with E-state index in [4.69, 9.17) is 0 Å². The monoisotopic (exact) mass is 378 g/mol. The van der Waals surface area contributed by atoms with Crippen LogP contribution in [0.2, 0.25) is 0 Å². The summed E-state index contributed by atoms with van der Waals surface area (Å²) < 4.78 is 0. The third kappa shape index (κ3) is 2.38. The average Bonchev–Trinajstić information content (AvgIpc) is 3.66. The Bertz CT molecular complexity index is 958. The van der Waals surface area contributed by atoms with E-state index in [1.807, 2.05) is 0 Å². The minimum absolute atomic E-state index is 0.374. The van der Waals surface area contributed by atoms with Crippen LogP contribution in [-0.4, -0.2) is 0 Å². The molecule has 0 heterocycles. The van der Waals surface area contributed by atoms with Crippen LogP contribution in [0.15, 0.2) is 60.7 Å². The van der Waals surface area contributed by atoms with Crippen molar-refractivity contribution in [3.8, 4) is 0 Å². The summed E-state index contributed by atoms with van der Waals surface area (Å²) in [6, 6.07) is 18.8. The third-order valence-electron chi connectivity index (χ3n) is 8.71. The molecule has 0 bridgehead atoms. The zero-order valence-corrected chi connectivity index (χ0v) is 17.2. The average molecular weight is 379 g/mol. The molecule has 7 rings (SSSR count). The molecule has 146 valence electrons. The second-order valence-electron chi connectivity index (χ2n) is 10.4. The molecule has 0 nitrogen and oxygen atoms in total. The van der Waals surface area contributed by atoms with Gasteiger partial charge in [0.25, 0.3) is 0 Å². The van der Waals surface area contributed by atoms with Gasteiger partial charge in [-0.15, -0.1) is 0 Å². The first kappa shape index (κ1) is 16.7. The quantitative estimate of drug-likeness (QED) is 0.510. The highest BCUT2D eigenvalue weighted by molar-refractivity contribution is 5.80. The summed E-state index contributed by atoms with van der Waals surface area (Å²) in [6.45, 7) is 0. The minimum atomic E-state index is 0.374. The zero-order valence-electron chi connectivity index (χ0n) is 17.2. The van der Waals surface area contributed by atoms with E-state index >= 15 is 0 Å². The van der Waals surface area contributed by atoms with Crippen molar-refractivity contribution in [1.29, 1.82) is 0 Å². The summed E-state index contributed by atoms with van der Waals surface area (Å²) in [7, 11) is 0. The van der Waals surface area contributed by atoms with Crippen LogP contribution in [0, 0.1) is 17.3 Å². The number of hydrogen-bond donors (Lipinski definition) is 0. The molecule has 29 heavy (non-hydrogen) atoms. The first-order chi connectivity index (χ1) is 14.4. The van der Waals surface area contributed by atoms with Gasteiger partial charge in [-0.05, 0) is 89.2 Å². The maximum Gasteiger partial charge on any atom is 0.00954 e. The van der Waals surface area contributed by atoms with Crippen molar-refractivity contribution >= 4 is 11.1 Å². The molecule has 5 aliphatic rings. The summed E-state index contributed by atoms with van der Waals surface area (Å²) in [6.07, 6.45) is 16.7. The Morgan fingerprint density at radius 3 is 1.48 bits per heavy atom. The van der Waals surface area contributed by atoms with Crippen LogP contribution < -0.4 is 0 Å². The molecule has 0 heteroatoms. The van der Waals surface area contributed by atoms with E-state index in [2.05, 4.69) is 60.7 Å². The lowest BCUT2D eigenvalue weighted by atomic mass is 9.62. The van der Waals surface area contributed by atoms with Gasteiger partial charge in [-0.25, -0.2) is 0 Å². The van der Waals surface area contributed by atoms with E-state index in [-0.39, 0.29) is 0 Å². The largest absolute Gasteiger partial charge is 0.0723 e.